The molecule has 2 aromatic carbocycles. The van der Waals surface area contributed by atoms with Gasteiger partial charge in [0.15, 0.2) is 0 Å². The highest BCUT2D eigenvalue weighted by molar-refractivity contribution is 6.46. The molecule has 0 radical (unpaired) electrons. The molecule has 1 amide bonds. The van der Waals surface area contributed by atoms with Crippen LogP contribution in [0.15, 0.2) is 48.0 Å². The molecule has 158 valence electrons. The second-order valence-corrected chi connectivity index (χ2v) is 8.00. The minimum Gasteiger partial charge on any atom is -0.507 e. The molecular formula is C25H29NO4. The number of aryl methyl sites for hydroxylation is 2. The van der Waals surface area contributed by atoms with Crippen molar-refractivity contribution in [2.24, 2.45) is 0 Å². The fraction of sp³-hybridized carbons (Fsp3) is 0.360. The molecule has 1 fully saturated rings. The lowest BCUT2D eigenvalue weighted by atomic mass is 9.92. The van der Waals surface area contributed by atoms with Crippen LogP contribution in [0.4, 0.5) is 0 Å². The molecule has 2 aromatic rings. The average Bonchev–Trinajstić information content (AvgIpc) is 2.94. The molecule has 0 bridgehead atoms. The number of rotatable bonds is 6. The molecular weight excluding hydrogens is 378 g/mol. The molecule has 1 saturated heterocycles. The number of nitrogens with zero attached hydrogens (tertiary/aromatic N) is 1. The number of carbonyl (C=O) groups is 2. The molecule has 1 atom stereocenters. The number of aliphatic hydroxyl groups excluding tert-OH is 1. The summed E-state index contributed by atoms with van der Waals surface area (Å²) in [6.07, 6.45) is 0.749. The highest BCUT2D eigenvalue weighted by Crippen LogP contribution is 2.40. The summed E-state index contributed by atoms with van der Waals surface area (Å²) in [6.45, 7) is 10.1. The second-order valence-electron chi connectivity index (χ2n) is 8.00. The largest absolute Gasteiger partial charge is 0.507 e. The van der Waals surface area contributed by atoms with Crippen molar-refractivity contribution < 1.29 is 19.4 Å². The lowest BCUT2D eigenvalue weighted by Crippen LogP contribution is -2.30. The molecule has 0 spiro atoms. The fourth-order valence-electron chi connectivity index (χ4n) is 3.91. The summed E-state index contributed by atoms with van der Waals surface area (Å²) < 4.78 is 5.77. The molecule has 5 heteroatoms. The van der Waals surface area contributed by atoms with Crippen molar-refractivity contribution in [2.75, 3.05) is 6.54 Å². The molecule has 1 N–H and O–H groups in total. The zero-order valence-electron chi connectivity index (χ0n) is 18.2. The van der Waals surface area contributed by atoms with Crippen molar-refractivity contribution in [3.05, 3.63) is 70.3 Å². The number of ketones is 1. The number of aliphatic hydroxyl groups is 1. The number of Topliss-reactive ketones (excluding diaryl/α,β-unsaturated/α-hetero) is 1. The standard InChI is InChI=1S/C25H29NO4/c1-6-13-26-22(19-10-8-7-9-16(19)4)21(24(28)25(26)29)23(27)18-11-12-20(17(5)14-18)30-15(2)3/h7-12,14-15,22,27H,6,13H2,1-5H3/b23-21+. The normalized spacial score (nSPS) is 18.3. The van der Waals surface area contributed by atoms with Crippen LogP contribution in [-0.4, -0.2) is 34.3 Å². The Balaban J connectivity index is 2.16. The number of hydrogen-bond donors (Lipinski definition) is 1. The van der Waals surface area contributed by atoms with Crippen molar-refractivity contribution in [1.29, 1.82) is 0 Å². The van der Waals surface area contributed by atoms with Crippen molar-refractivity contribution in [2.45, 2.75) is 53.2 Å². The molecule has 1 aliphatic rings. The van der Waals surface area contributed by atoms with Gasteiger partial charge >= 0.3 is 0 Å². The van der Waals surface area contributed by atoms with E-state index in [4.69, 9.17) is 4.74 Å². The molecule has 1 aliphatic heterocycles. The lowest BCUT2D eigenvalue weighted by Gasteiger charge is -2.26. The summed E-state index contributed by atoms with van der Waals surface area (Å²) in [5.41, 5.74) is 3.30. The molecule has 0 aliphatic carbocycles. The summed E-state index contributed by atoms with van der Waals surface area (Å²) in [5.74, 6) is -0.639. The molecule has 0 saturated carbocycles. The first kappa shape index (κ1) is 21.6. The summed E-state index contributed by atoms with van der Waals surface area (Å²) >= 11 is 0. The Morgan fingerprint density at radius 1 is 1.10 bits per heavy atom. The summed E-state index contributed by atoms with van der Waals surface area (Å²) in [4.78, 5) is 27.3. The average molecular weight is 408 g/mol. The summed E-state index contributed by atoms with van der Waals surface area (Å²) in [7, 11) is 0. The zero-order valence-corrected chi connectivity index (χ0v) is 18.2. The molecule has 30 heavy (non-hydrogen) atoms. The Bertz CT molecular complexity index is 1010. The van der Waals surface area contributed by atoms with Gasteiger partial charge in [-0.2, -0.15) is 0 Å². The Labute approximate surface area is 178 Å². The summed E-state index contributed by atoms with van der Waals surface area (Å²) in [5, 5.41) is 11.2. The third-order valence-corrected chi connectivity index (χ3v) is 5.30. The maximum Gasteiger partial charge on any atom is 0.295 e. The minimum atomic E-state index is -0.644. The highest BCUT2D eigenvalue weighted by atomic mass is 16.5. The van der Waals surface area contributed by atoms with Crippen LogP contribution in [0.5, 0.6) is 5.75 Å². The first-order valence-corrected chi connectivity index (χ1v) is 10.4. The van der Waals surface area contributed by atoms with E-state index in [1.807, 2.05) is 58.9 Å². The van der Waals surface area contributed by atoms with Crippen LogP contribution < -0.4 is 4.74 Å². The van der Waals surface area contributed by atoms with E-state index in [9.17, 15) is 14.7 Å². The molecule has 3 rings (SSSR count). The monoisotopic (exact) mass is 407 g/mol. The minimum absolute atomic E-state index is 0.0311. The summed E-state index contributed by atoms with van der Waals surface area (Å²) in [6, 6.07) is 12.4. The van der Waals surface area contributed by atoms with Gasteiger partial charge in [0.1, 0.15) is 11.5 Å². The van der Waals surface area contributed by atoms with E-state index >= 15 is 0 Å². The first-order valence-electron chi connectivity index (χ1n) is 10.4. The molecule has 0 aromatic heterocycles. The van der Waals surface area contributed by atoms with E-state index in [0.717, 1.165) is 28.9 Å². The number of ether oxygens (including phenoxy) is 1. The van der Waals surface area contributed by atoms with Gasteiger partial charge in [-0.05, 0) is 69.0 Å². The third kappa shape index (κ3) is 3.97. The predicted molar refractivity (Wildman–Crippen MR) is 117 cm³/mol. The van der Waals surface area contributed by atoms with Crippen molar-refractivity contribution in [3.63, 3.8) is 0 Å². The van der Waals surface area contributed by atoms with Crippen molar-refractivity contribution in [3.8, 4) is 5.75 Å². The number of amides is 1. The van der Waals surface area contributed by atoms with Gasteiger partial charge in [0.25, 0.3) is 11.7 Å². The third-order valence-electron chi connectivity index (χ3n) is 5.30. The number of likely N-dealkylation sites (tertiary alicyclic amines) is 1. The smallest absolute Gasteiger partial charge is 0.295 e. The van der Waals surface area contributed by atoms with E-state index < -0.39 is 17.7 Å². The topological polar surface area (TPSA) is 66.8 Å². The van der Waals surface area contributed by atoms with Gasteiger partial charge in [0.2, 0.25) is 0 Å². The van der Waals surface area contributed by atoms with E-state index in [-0.39, 0.29) is 17.4 Å². The van der Waals surface area contributed by atoms with E-state index in [0.29, 0.717) is 12.1 Å². The predicted octanol–water partition coefficient (Wildman–Crippen LogP) is 4.92. The van der Waals surface area contributed by atoms with Crippen LogP contribution >= 0.6 is 0 Å². The Kier molecular flexibility index (Phi) is 6.30. The quantitative estimate of drug-likeness (QED) is 0.419. The number of carbonyl (C=O) groups excluding carboxylic acids is 2. The number of benzene rings is 2. The van der Waals surface area contributed by atoms with Gasteiger partial charge in [-0.1, -0.05) is 31.2 Å². The van der Waals surface area contributed by atoms with Crippen LogP contribution in [0, 0.1) is 13.8 Å². The van der Waals surface area contributed by atoms with Gasteiger partial charge in [-0.3, -0.25) is 9.59 Å². The Morgan fingerprint density at radius 3 is 2.40 bits per heavy atom. The maximum atomic E-state index is 13.0. The van der Waals surface area contributed by atoms with Gasteiger partial charge < -0.3 is 14.7 Å². The van der Waals surface area contributed by atoms with E-state index in [2.05, 4.69) is 0 Å². The van der Waals surface area contributed by atoms with Crippen LogP contribution in [0.3, 0.4) is 0 Å². The van der Waals surface area contributed by atoms with Crippen molar-refractivity contribution >= 4 is 17.4 Å². The van der Waals surface area contributed by atoms with Gasteiger partial charge in [-0.15, -0.1) is 0 Å². The Morgan fingerprint density at radius 2 is 1.80 bits per heavy atom. The van der Waals surface area contributed by atoms with Crippen LogP contribution in [0.1, 0.15) is 55.5 Å². The first-order chi connectivity index (χ1) is 14.3. The van der Waals surface area contributed by atoms with Gasteiger partial charge in [0, 0.05) is 12.1 Å². The van der Waals surface area contributed by atoms with E-state index in [1.165, 1.54) is 0 Å². The fourth-order valence-corrected chi connectivity index (χ4v) is 3.91. The van der Waals surface area contributed by atoms with Crippen LogP contribution in [-0.2, 0) is 9.59 Å². The Hall–Kier alpha value is -3.08. The van der Waals surface area contributed by atoms with Crippen LogP contribution in [0.25, 0.3) is 5.76 Å². The lowest BCUT2D eigenvalue weighted by molar-refractivity contribution is -0.139. The van der Waals surface area contributed by atoms with Gasteiger partial charge in [-0.25, -0.2) is 0 Å². The molecule has 1 heterocycles. The number of hydrogen-bond acceptors (Lipinski definition) is 4. The highest BCUT2D eigenvalue weighted by Gasteiger charge is 2.46. The van der Waals surface area contributed by atoms with E-state index in [1.54, 1.807) is 23.1 Å². The SMILES string of the molecule is CCCN1C(=O)C(=O)/C(=C(/O)c2ccc(OC(C)C)c(C)c2)C1c1ccccc1C. The zero-order chi connectivity index (χ0) is 22.0. The maximum absolute atomic E-state index is 13.0. The van der Waals surface area contributed by atoms with Gasteiger partial charge in [0.05, 0.1) is 17.7 Å². The van der Waals surface area contributed by atoms with Crippen molar-refractivity contribution in [1.82, 2.24) is 4.90 Å². The molecule has 5 nitrogen and oxygen atoms in total. The molecule has 1 unspecified atom stereocenters. The second kappa shape index (κ2) is 8.74. The van der Waals surface area contributed by atoms with Crippen LogP contribution in [0.2, 0.25) is 0 Å².